The summed E-state index contributed by atoms with van der Waals surface area (Å²) in [6.45, 7) is 9.07. The Morgan fingerprint density at radius 2 is 2.10 bits per heavy atom. The molecule has 0 aliphatic carbocycles. The van der Waals surface area contributed by atoms with Crippen LogP contribution in [-0.2, 0) is 0 Å². The van der Waals surface area contributed by atoms with Gasteiger partial charge >= 0.3 is 0 Å². The fourth-order valence-electron chi connectivity index (χ4n) is 1.43. The molecular weight excluding hydrogens is 142 g/mol. The lowest BCUT2D eigenvalue weighted by Gasteiger charge is -2.30. The van der Waals surface area contributed by atoms with E-state index in [1.807, 2.05) is 0 Å². The lowest BCUT2D eigenvalue weighted by molar-refractivity contribution is 0.240. The van der Waals surface area contributed by atoms with Crippen molar-refractivity contribution >= 4 is 12.6 Å². The normalized spacial score (nSPS) is 29.4. The maximum Gasteiger partial charge on any atom is 0.0583 e. The smallest absolute Gasteiger partial charge is 0.0583 e. The van der Waals surface area contributed by atoms with Crippen molar-refractivity contribution in [1.29, 1.82) is 0 Å². The van der Waals surface area contributed by atoms with Crippen LogP contribution in [0.3, 0.4) is 0 Å². The second-order valence-electron chi connectivity index (χ2n) is 3.83. The lowest BCUT2D eigenvalue weighted by Crippen LogP contribution is -2.37. The lowest BCUT2D eigenvalue weighted by atomic mass is 10.2. The molecule has 1 fully saturated rings. The predicted octanol–water partition coefficient (Wildman–Crippen LogP) is 1.99. The SMILES string of the molecule is CC1CCN(C(C)(C)S)C1. The standard InChI is InChI=1S/C8H17NS/c1-7-4-5-9(6-7)8(2,3)10/h7,10H,4-6H2,1-3H3. The minimum atomic E-state index is 0.0881. The molecule has 0 aromatic carbocycles. The maximum absolute atomic E-state index is 4.52. The van der Waals surface area contributed by atoms with Crippen molar-refractivity contribution in [2.75, 3.05) is 13.1 Å². The highest BCUT2D eigenvalue weighted by Crippen LogP contribution is 2.26. The Kier molecular flexibility index (Phi) is 2.31. The molecule has 1 aliphatic rings. The zero-order valence-corrected chi connectivity index (χ0v) is 7.99. The van der Waals surface area contributed by atoms with Crippen LogP contribution < -0.4 is 0 Å². The van der Waals surface area contributed by atoms with E-state index in [4.69, 9.17) is 0 Å². The van der Waals surface area contributed by atoms with Crippen molar-refractivity contribution in [3.8, 4) is 0 Å². The Morgan fingerprint density at radius 1 is 1.50 bits per heavy atom. The number of rotatable bonds is 1. The number of hydrogen-bond donors (Lipinski definition) is 1. The van der Waals surface area contributed by atoms with Crippen LogP contribution in [0.25, 0.3) is 0 Å². The largest absolute Gasteiger partial charge is 0.289 e. The van der Waals surface area contributed by atoms with Crippen LogP contribution in [0.2, 0.25) is 0 Å². The van der Waals surface area contributed by atoms with E-state index in [2.05, 4.69) is 38.3 Å². The number of hydrogen-bond acceptors (Lipinski definition) is 2. The van der Waals surface area contributed by atoms with Gasteiger partial charge in [-0.05, 0) is 32.7 Å². The number of thiol groups is 1. The molecule has 0 aromatic heterocycles. The van der Waals surface area contributed by atoms with Crippen LogP contribution in [-0.4, -0.2) is 22.9 Å². The van der Waals surface area contributed by atoms with E-state index in [9.17, 15) is 0 Å². The first-order valence-electron chi connectivity index (χ1n) is 3.97. The van der Waals surface area contributed by atoms with Gasteiger partial charge in [0.25, 0.3) is 0 Å². The van der Waals surface area contributed by atoms with Gasteiger partial charge in [0.05, 0.1) is 4.87 Å². The second kappa shape index (κ2) is 2.74. The summed E-state index contributed by atoms with van der Waals surface area (Å²) < 4.78 is 0. The van der Waals surface area contributed by atoms with Gasteiger partial charge < -0.3 is 0 Å². The number of likely N-dealkylation sites (tertiary alicyclic amines) is 1. The van der Waals surface area contributed by atoms with Gasteiger partial charge in [0, 0.05) is 6.54 Å². The van der Waals surface area contributed by atoms with Crippen molar-refractivity contribution in [1.82, 2.24) is 4.90 Å². The Hall–Kier alpha value is 0.310. The van der Waals surface area contributed by atoms with E-state index in [0.29, 0.717) is 0 Å². The summed E-state index contributed by atoms with van der Waals surface area (Å²) in [5.74, 6) is 0.867. The zero-order chi connectivity index (χ0) is 7.78. The average Bonchev–Trinajstić information content (AvgIpc) is 2.11. The first-order valence-corrected chi connectivity index (χ1v) is 4.42. The quantitative estimate of drug-likeness (QED) is 0.573. The topological polar surface area (TPSA) is 3.24 Å². The highest BCUT2D eigenvalue weighted by molar-refractivity contribution is 7.81. The molecule has 1 atom stereocenters. The Bertz CT molecular complexity index is 117. The maximum atomic E-state index is 4.52. The molecule has 0 aromatic rings. The summed E-state index contributed by atoms with van der Waals surface area (Å²) in [5, 5.41) is 0. The molecule has 1 aliphatic heterocycles. The predicted molar refractivity (Wildman–Crippen MR) is 48.4 cm³/mol. The van der Waals surface area contributed by atoms with Gasteiger partial charge in [-0.3, -0.25) is 4.90 Å². The Labute approximate surface area is 69.2 Å². The van der Waals surface area contributed by atoms with Gasteiger partial charge in [-0.1, -0.05) is 6.92 Å². The molecule has 0 N–H and O–H groups in total. The third kappa shape index (κ3) is 1.89. The fraction of sp³-hybridized carbons (Fsp3) is 1.00. The van der Waals surface area contributed by atoms with Crippen LogP contribution in [0.1, 0.15) is 27.2 Å². The molecule has 60 valence electrons. The zero-order valence-electron chi connectivity index (χ0n) is 7.09. The van der Waals surface area contributed by atoms with E-state index in [0.717, 1.165) is 5.92 Å². The van der Waals surface area contributed by atoms with E-state index in [1.165, 1.54) is 19.5 Å². The summed E-state index contributed by atoms with van der Waals surface area (Å²) in [4.78, 5) is 2.52. The molecule has 1 unspecified atom stereocenters. The Balaban J connectivity index is 2.45. The third-order valence-electron chi connectivity index (χ3n) is 2.20. The molecular formula is C8H17NS. The van der Waals surface area contributed by atoms with Gasteiger partial charge in [0.15, 0.2) is 0 Å². The molecule has 1 saturated heterocycles. The third-order valence-corrected chi connectivity index (χ3v) is 2.48. The highest BCUT2D eigenvalue weighted by atomic mass is 32.1. The summed E-state index contributed by atoms with van der Waals surface area (Å²) in [6.07, 6.45) is 1.34. The van der Waals surface area contributed by atoms with Gasteiger partial charge in [0.1, 0.15) is 0 Å². The molecule has 1 rings (SSSR count). The van der Waals surface area contributed by atoms with Crippen molar-refractivity contribution in [2.24, 2.45) is 5.92 Å². The van der Waals surface area contributed by atoms with E-state index < -0.39 is 0 Å². The van der Waals surface area contributed by atoms with Crippen LogP contribution in [0.4, 0.5) is 0 Å². The fourth-order valence-corrected chi connectivity index (χ4v) is 1.61. The molecule has 0 spiro atoms. The summed E-state index contributed by atoms with van der Waals surface area (Å²) in [5.41, 5.74) is 0. The van der Waals surface area contributed by atoms with E-state index in [-0.39, 0.29) is 4.87 Å². The molecule has 0 amide bonds. The molecule has 0 radical (unpaired) electrons. The molecule has 0 saturated carbocycles. The van der Waals surface area contributed by atoms with Gasteiger partial charge in [-0.25, -0.2) is 0 Å². The van der Waals surface area contributed by atoms with Gasteiger partial charge in [0.2, 0.25) is 0 Å². The van der Waals surface area contributed by atoms with Crippen LogP contribution in [0.15, 0.2) is 0 Å². The summed E-state index contributed by atoms with van der Waals surface area (Å²) in [6, 6.07) is 0. The van der Waals surface area contributed by atoms with Crippen LogP contribution in [0, 0.1) is 5.92 Å². The second-order valence-corrected chi connectivity index (χ2v) is 4.93. The molecule has 1 nitrogen and oxygen atoms in total. The highest BCUT2D eigenvalue weighted by Gasteiger charge is 2.28. The van der Waals surface area contributed by atoms with Crippen molar-refractivity contribution < 1.29 is 0 Å². The minimum Gasteiger partial charge on any atom is -0.289 e. The molecule has 0 bridgehead atoms. The molecule has 2 heteroatoms. The molecule has 10 heavy (non-hydrogen) atoms. The summed E-state index contributed by atoms with van der Waals surface area (Å²) >= 11 is 4.52. The van der Waals surface area contributed by atoms with E-state index >= 15 is 0 Å². The molecule has 1 heterocycles. The average molecular weight is 159 g/mol. The number of nitrogens with zero attached hydrogens (tertiary/aromatic N) is 1. The van der Waals surface area contributed by atoms with Crippen LogP contribution >= 0.6 is 12.6 Å². The van der Waals surface area contributed by atoms with E-state index in [1.54, 1.807) is 0 Å². The van der Waals surface area contributed by atoms with Gasteiger partial charge in [-0.15, -0.1) is 0 Å². The first-order chi connectivity index (χ1) is 4.50. The van der Waals surface area contributed by atoms with Crippen LogP contribution in [0.5, 0.6) is 0 Å². The van der Waals surface area contributed by atoms with Crippen molar-refractivity contribution in [3.05, 3.63) is 0 Å². The van der Waals surface area contributed by atoms with Gasteiger partial charge in [-0.2, -0.15) is 12.6 Å². The van der Waals surface area contributed by atoms with Crippen molar-refractivity contribution in [2.45, 2.75) is 32.1 Å². The first kappa shape index (κ1) is 8.41. The summed E-state index contributed by atoms with van der Waals surface area (Å²) in [7, 11) is 0. The van der Waals surface area contributed by atoms with Crippen molar-refractivity contribution in [3.63, 3.8) is 0 Å². The Morgan fingerprint density at radius 3 is 2.30 bits per heavy atom. The monoisotopic (exact) mass is 159 g/mol. The minimum absolute atomic E-state index is 0.0881.